The van der Waals surface area contributed by atoms with Crippen molar-refractivity contribution >= 4 is 11.8 Å². The van der Waals surface area contributed by atoms with Crippen LogP contribution in [0.3, 0.4) is 0 Å². The molecule has 0 N–H and O–H groups in total. The maximum Gasteiger partial charge on any atom is 0.310 e. The van der Waals surface area contributed by atoms with E-state index in [1.54, 1.807) is 0 Å². The van der Waals surface area contributed by atoms with Gasteiger partial charge in [0.25, 0.3) is 0 Å². The Morgan fingerprint density at radius 1 is 0.967 bits per heavy atom. The van der Waals surface area contributed by atoms with Gasteiger partial charge in [-0.25, -0.2) is 0 Å². The molecule has 2 unspecified atom stereocenters. The van der Waals surface area contributed by atoms with E-state index >= 15 is 0 Å². The second-order valence-corrected chi connectivity index (χ2v) is 9.63. The van der Waals surface area contributed by atoms with Gasteiger partial charge in [0.2, 0.25) is 0 Å². The number of benzene rings is 1. The maximum atomic E-state index is 12.6. The van der Waals surface area contributed by atoms with Gasteiger partial charge in [-0.1, -0.05) is 30.3 Å². The summed E-state index contributed by atoms with van der Waals surface area (Å²) in [6.07, 6.45) is 6.17. The first kappa shape index (κ1) is 23.0. The number of rotatable bonds is 7. The van der Waals surface area contributed by atoms with E-state index in [0.717, 1.165) is 32.1 Å². The molecule has 0 aromatic heterocycles. The number of esters is 1. The van der Waals surface area contributed by atoms with Crippen molar-refractivity contribution in [3.8, 4) is 0 Å². The van der Waals surface area contributed by atoms with Crippen LogP contribution in [-0.4, -0.2) is 36.2 Å². The Morgan fingerprint density at radius 3 is 2.23 bits per heavy atom. The van der Waals surface area contributed by atoms with Gasteiger partial charge in [-0.15, -0.1) is 0 Å². The SMILES string of the molecule is CC(C)(C)OC(=O)C1CCCC(=O)C1COC1CCC(OCc2ccccc2)CC1. The predicted molar refractivity (Wildman–Crippen MR) is 115 cm³/mol. The maximum absolute atomic E-state index is 12.6. The van der Waals surface area contributed by atoms with Gasteiger partial charge in [0, 0.05) is 6.42 Å². The van der Waals surface area contributed by atoms with E-state index in [1.807, 2.05) is 39.0 Å². The van der Waals surface area contributed by atoms with Gasteiger partial charge in [-0.2, -0.15) is 0 Å². The number of Topliss-reactive ketones (excluding diaryl/α,β-unsaturated/α-hetero) is 1. The Labute approximate surface area is 180 Å². The molecule has 0 amide bonds. The van der Waals surface area contributed by atoms with E-state index < -0.39 is 5.60 Å². The molecule has 0 spiro atoms. The van der Waals surface area contributed by atoms with Crippen molar-refractivity contribution in [1.82, 2.24) is 0 Å². The Kier molecular flexibility index (Phi) is 8.06. The van der Waals surface area contributed by atoms with Crippen LogP contribution in [0.2, 0.25) is 0 Å². The molecule has 0 aliphatic heterocycles. The van der Waals surface area contributed by atoms with Gasteiger partial charge < -0.3 is 14.2 Å². The molecule has 2 aliphatic rings. The fourth-order valence-electron chi connectivity index (χ4n) is 4.37. The number of carbonyl (C=O) groups excluding carboxylic acids is 2. The Hall–Kier alpha value is -1.72. The van der Waals surface area contributed by atoms with E-state index in [-0.39, 0.29) is 35.8 Å². The Bertz CT molecular complexity index is 685. The largest absolute Gasteiger partial charge is 0.460 e. The minimum absolute atomic E-state index is 0.135. The minimum Gasteiger partial charge on any atom is -0.460 e. The summed E-state index contributed by atoms with van der Waals surface area (Å²) in [7, 11) is 0. The summed E-state index contributed by atoms with van der Waals surface area (Å²) in [6.45, 7) is 6.55. The first-order chi connectivity index (χ1) is 14.3. The summed E-state index contributed by atoms with van der Waals surface area (Å²) in [4.78, 5) is 25.1. The monoisotopic (exact) mass is 416 g/mol. The lowest BCUT2D eigenvalue weighted by molar-refractivity contribution is -0.167. The molecular weight excluding hydrogens is 380 g/mol. The molecule has 30 heavy (non-hydrogen) atoms. The molecule has 5 heteroatoms. The van der Waals surface area contributed by atoms with E-state index in [4.69, 9.17) is 14.2 Å². The first-order valence-corrected chi connectivity index (χ1v) is 11.3. The summed E-state index contributed by atoms with van der Waals surface area (Å²) in [5.41, 5.74) is 0.654. The van der Waals surface area contributed by atoms with Crippen LogP contribution in [0.5, 0.6) is 0 Å². The van der Waals surface area contributed by atoms with Crippen LogP contribution < -0.4 is 0 Å². The lowest BCUT2D eigenvalue weighted by atomic mass is 9.78. The average molecular weight is 417 g/mol. The number of hydrogen-bond acceptors (Lipinski definition) is 5. The van der Waals surface area contributed by atoms with E-state index in [2.05, 4.69) is 12.1 Å². The Balaban J connectivity index is 1.43. The van der Waals surface area contributed by atoms with Gasteiger partial charge in [0.05, 0.1) is 37.3 Å². The van der Waals surface area contributed by atoms with Gasteiger partial charge in [-0.3, -0.25) is 9.59 Å². The highest BCUT2D eigenvalue weighted by molar-refractivity contribution is 5.88. The molecule has 3 rings (SSSR count). The summed E-state index contributed by atoms with van der Waals surface area (Å²) in [5, 5.41) is 0. The topological polar surface area (TPSA) is 61.8 Å². The van der Waals surface area contributed by atoms with Gasteiger partial charge >= 0.3 is 5.97 Å². The van der Waals surface area contributed by atoms with Crippen LogP contribution >= 0.6 is 0 Å². The van der Waals surface area contributed by atoms with Crippen LogP contribution in [0.25, 0.3) is 0 Å². The molecule has 1 aromatic carbocycles. The normalized spacial score (nSPS) is 27.6. The summed E-state index contributed by atoms with van der Waals surface area (Å²) < 4.78 is 17.7. The molecule has 5 nitrogen and oxygen atoms in total. The Morgan fingerprint density at radius 2 is 1.60 bits per heavy atom. The van der Waals surface area contributed by atoms with Gasteiger partial charge in [0.1, 0.15) is 11.4 Å². The predicted octanol–water partition coefficient (Wildman–Crippen LogP) is 4.86. The van der Waals surface area contributed by atoms with Gasteiger partial charge in [-0.05, 0) is 64.9 Å². The number of carbonyl (C=O) groups is 2. The average Bonchev–Trinajstić information content (AvgIpc) is 2.71. The molecule has 2 aliphatic carbocycles. The zero-order valence-corrected chi connectivity index (χ0v) is 18.6. The highest BCUT2D eigenvalue weighted by Gasteiger charge is 2.39. The lowest BCUT2D eigenvalue weighted by Crippen LogP contribution is -2.41. The van der Waals surface area contributed by atoms with Crippen molar-refractivity contribution < 1.29 is 23.8 Å². The van der Waals surface area contributed by atoms with Crippen molar-refractivity contribution in [2.75, 3.05) is 6.61 Å². The number of ketones is 1. The van der Waals surface area contributed by atoms with Crippen molar-refractivity contribution in [2.24, 2.45) is 11.8 Å². The molecule has 2 atom stereocenters. The number of ether oxygens (including phenoxy) is 3. The van der Waals surface area contributed by atoms with E-state index in [0.29, 0.717) is 26.1 Å². The van der Waals surface area contributed by atoms with Crippen LogP contribution in [0, 0.1) is 11.8 Å². The summed E-state index contributed by atoms with van der Waals surface area (Å²) >= 11 is 0. The third kappa shape index (κ3) is 6.92. The summed E-state index contributed by atoms with van der Waals surface area (Å²) in [5.74, 6) is -0.879. The molecule has 0 radical (unpaired) electrons. The molecule has 0 saturated heterocycles. The molecule has 2 saturated carbocycles. The molecule has 0 heterocycles. The highest BCUT2D eigenvalue weighted by Crippen LogP contribution is 2.32. The molecule has 166 valence electrons. The molecule has 2 fully saturated rings. The molecule has 1 aromatic rings. The second kappa shape index (κ2) is 10.5. The van der Waals surface area contributed by atoms with Gasteiger partial charge in [0.15, 0.2) is 0 Å². The molecule has 0 bridgehead atoms. The van der Waals surface area contributed by atoms with Crippen molar-refractivity contribution in [3.05, 3.63) is 35.9 Å². The third-order valence-corrected chi connectivity index (χ3v) is 6.01. The zero-order chi connectivity index (χ0) is 21.6. The quantitative estimate of drug-likeness (QED) is 0.594. The standard InChI is InChI=1S/C25H36O5/c1-25(2,3)30-24(27)21-10-7-11-23(26)22(21)17-29-20-14-12-19(13-15-20)28-16-18-8-5-4-6-9-18/h4-6,8-9,19-22H,7,10-17H2,1-3H3. The number of hydrogen-bond donors (Lipinski definition) is 0. The second-order valence-electron chi connectivity index (χ2n) is 9.63. The lowest BCUT2D eigenvalue weighted by Gasteiger charge is -2.33. The van der Waals surface area contributed by atoms with E-state index in [9.17, 15) is 9.59 Å². The van der Waals surface area contributed by atoms with Crippen LogP contribution in [-0.2, 0) is 30.4 Å². The van der Waals surface area contributed by atoms with E-state index in [1.165, 1.54) is 5.56 Å². The zero-order valence-electron chi connectivity index (χ0n) is 18.6. The summed E-state index contributed by atoms with van der Waals surface area (Å²) in [6, 6.07) is 10.2. The first-order valence-electron chi connectivity index (χ1n) is 11.3. The van der Waals surface area contributed by atoms with Crippen LogP contribution in [0.4, 0.5) is 0 Å². The third-order valence-electron chi connectivity index (χ3n) is 6.01. The van der Waals surface area contributed by atoms with Crippen LogP contribution in [0.15, 0.2) is 30.3 Å². The fraction of sp³-hybridized carbons (Fsp3) is 0.680. The smallest absolute Gasteiger partial charge is 0.310 e. The molecular formula is C25H36O5. The van der Waals surface area contributed by atoms with Crippen molar-refractivity contribution in [3.63, 3.8) is 0 Å². The van der Waals surface area contributed by atoms with Crippen LogP contribution in [0.1, 0.15) is 71.3 Å². The van der Waals surface area contributed by atoms with Crippen molar-refractivity contribution in [1.29, 1.82) is 0 Å². The fourth-order valence-corrected chi connectivity index (χ4v) is 4.37. The van der Waals surface area contributed by atoms with Crippen molar-refractivity contribution in [2.45, 2.75) is 90.1 Å². The highest BCUT2D eigenvalue weighted by atomic mass is 16.6. The minimum atomic E-state index is -0.541.